The number of rotatable bonds is 2. The van der Waals surface area contributed by atoms with Crippen molar-refractivity contribution < 1.29 is 4.79 Å². The van der Waals surface area contributed by atoms with Gasteiger partial charge in [-0.25, -0.2) is 0 Å². The molecule has 1 aromatic rings. The van der Waals surface area contributed by atoms with Crippen molar-refractivity contribution in [3.05, 3.63) is 16.3 Å². The molecular formula is C9H12N2OS. The molecule has 1 atom stereocenters. The van der Waals surface area contributed by atoms with Crippen LogP contribution in [0.25, 0.3) is 0 Å². The summed E-state index contributed by atoms with van der Waals surface area (Å²) >= 11 is 1.72. The molecule has 2 N–H and O–H groups in total. The summed E-state index contributed by atoms with van der Waals surface area (Å²) < 4.78 is 0. The molecule has 0 aliphatic carbocycles. The molecular weight excluding hydrogens is 184 g/mol. The van der Waals surface area contributed by atoms with Gasteiger partial charge in [-0.15, -0.1) is 11.3 Å². The number of hydrogen-bond acceptors (Lipinski definition) is 3. The third kappa shape index (κ3) is 1.59. The average Bonchev–Trinajstić information content (AvgIpc) is 2.52. The van der Waals surface area contributed by atoms with E-state index in [1.165, 1.54) is 4.88 Å². The van der Waals surface area contributed by atoms with E-state index in [4.69, 9.17) is 0 Å². The fourth-order valence-corrected chi connectivity index (χ4v) is 2.63. The fourth-order valence-electron chi connectivity index (χ4n) is 1.67. The molecule has 0 saturated heterocycles. The van der Waals surface area contributed by atoms with Crippen LogP contribution < -0.4 is 10.6 Å². The van der Waals surface area contributed by atoms with E-state index >= 15 is 0 Å². The van der Waals surface area contributed by atoms with Crippen molar-refractivity contribution in [1.82, 2.24) is 5.32 Å². The summed E-state index contributed by atoms with van der Waals surface area (Å²) in [6.07, 6.45) is 0.606. The zero-order chi connectivity index (χ0) is 9.26. The van der Waals surface area contributed by atoms with Gasteiger partial charge in [0.15, 0.2) is 0 Å². The molecule has 0 radical (unpaired) electrons. The van der Waals surface area contributed by atoms with E-state index in [2.05, 4.69) is 10.6 Å². The number of fused-ring (bicyclic) bond motifs is 1. The summed E-state index contributed by atoms with van der Waals surface area (Å²) in [5.74, 6) is 0.486. The van der Waals surface area contributed by atoms with Crippen LogP contribution in [-0.2, 0) is 4.79 Å². The molecule has 1 aliphatic rings. The molecule has 1 amide bonds. The van der Waals surface area contributed by atoms with Gasteiger partial charge >= 0.3 is 0 Å². The average molecular weight is 196 g/mol. The van der Waals surface area contributed by atoms with E-state index in [1.807, 2.05) is 18.5 Å². The fraction of sp³-hybridized carbons (Fsp3) is 0.444. The van der Waals surface area contributed by atoms with Crippen LogP contribution in [0.4, 0.5) is 5.69 Å². The highest BCUT2D eigenvalue weighted by Crippen LogP contribution is 2.35. The molecule has 0 saturated carbocycles. The number of carbonyl (C=O) groups is 1. The van der Waals surface area contributed by atoms with Crippen molar-refractivity contribution in [2.24, 2.45) is 0 Å². The molecule has 1 unspecified atom stereocenters. The molecule has 0 spiro atoms. The third-order valence-electron chi connectivity index (χ3n) is 2.22. The topological polar surface area (TPSA) is 41.1 Å². The Hall–Kier alpha value is -0.870. The van der Waals surface area contributed by atoms with Crippen molar-refractivity contribution in [3.8, 4) is 0 Å². The number of hydrogen-bond donors (Lipinski definition) is 2. The largest absolute Gasteiger partial charge is 0.325 e. The molecule has 13 heavy (non-hydrogen) atoms. The molecule has 0 fully saturated rings. The second-order valence-corrected chi connectivity index (χ2v) is 4.15. The lowest BCUT2D eigenvalue weighted by atomic mass is 9.99. The molecule has 70 valence electrons. The van der Waals surface area contributed by atoms with Gasteiger partial charge in [0.2, 0.25) is 5.91 Å². The van der Waals surface area contributed by atoms with E-state index in [0.717, 1.165) is 12.2 Å². The van der Waals surface area contributed by atoms with E-state index in [1.54, 1.807) is 11.3 Å². The predicted octanol–water partition coefficient (Wildman–Crippen LogP) is 1.39. The number of likely N-dealkylation sites (N-methyl/N-ethyl adjacent to an activating group) is 1. The first-order chi connectivity index (χ1) is 6.31. The number of amides is 1. The second-order valence-electron chi connectivity index (χ2n) is 3.21. The Labute approximate surface area is 81.2 Å². The Balaban J connectivity index is 2.27. The van der Waals surface area contributed by atoms with Crippen LogP contribution in [0.1, 0.15) is 17.2 Å². The van der Waals surface area contributed by atoms with Crippen molar-refractivity contribution in [2.75, 3.05) is 18.9 Å². The lowest BCUT2D eigenvalue weighted by molar-refractivity contribution is -0.116. The van der Waals surface area contributed by atoms with Crippen molar-refractivity contribution >= 4 is 22.9 Å². The monoisotopic (exact) mass is 196 g/mol. The SMILES string of the molecule is CNCC1CC(=O)Nc2ccsc21. The molecule has 1 aliphatic heterocycles. The Bertz CT molecular complexity index is 321. The summed E-state index contributed by atoms with van der Waals surface area (Å²) in [6, 6.07) is 1.97. The Morgan fingerprint density at radius 2 is 2.62 bits per heavy atom. The Morgan fingerprint density at radius 1 is 1.77 bits per heavy atom. The maximum absolute atomic E-state index is 11.3. The molecule has 0 aromatic carbocycles. The Morgan fingerprint density at radius 3 is 3.38 bits per heavy atom. The highest BCUT2D eigenvalue weighted by molar-refractivity contribution is 7.10. The number of carbonyl (C=O) groups excluding carboxylic acids is 1. The van der Waals surface area contributed by atoms with Crippen LogP contribution >= 0.6 is 11.3 Å². The van der Waals surface area contributed by atoms with Crippen molar-refractivity contribution in [3.63, 3.8) is 0 Å². The highest BCUT2D eigenvalue weighted by atomic mass is 32.1. The van der Waals surface area contributed by atoms with Crippen LogP contribution in [0.3, 0.4) is 0 Å². The van der Waals surface area contributed by atoms with E-state index in [-0.39, 0.29) is 5.91 Å². The molecule has 0 bridgehead atoms. The van der Waals surface area contributed by atoms with Crippen molar-refractivity contribution in [1.29, 1.82) is 0 Å². The maximum Gasteiger partial charge on any atom is 0.225 e. The van der Waals surface area contributed by atoms with Gasteiger partial charge in [0.1, 0.15) is 0 Å². The van der Waals surface area contributed by atoms with Crippen LogP contribution in [0.5, 0.6) is 0 Å². The van der Waals surface area contributed by atoms with Gasteiger partial charge in [0, 0.05) is 23.8 Å². The summed E-state index contributed by atoms with van der Waals surface area (Å²) in [4.78, 5) is 12.6. The van der Waals surface area contributed by atoms with E-state index in [9.17, 15) is 4.79 Å². The molecule has 4 heteroatoms. The predicted molar refractivity (Wildman–Crippen MR) is 54.2 cm³/mol. The van der Waals surface area contributed by atoms with Crippen LogP contribution in [0.15, 0.2) is 11.4 Å². The van der Waals surface area contributed by atoms with Gasteiger partial charge in [-0.2, -0.15) is 0 Å². The minimum absolute atomic E-state index is 0.131. The first-order valence-electron chi connectivity index (χ1n) is 4.33. The van der Waals surface area contributed by atoms with Crippen molar-refractivity contribution in [2.45, 2.75) is 12.3 Å². The normalized spacial score (nSPS) is 21.0. The van der Waals surface area contributed by atoms with Gasteiger partial charge in [-0.1, -0.05) is 0 Å². The summed E-state index contributed by atoms with van der Waals surface area (Å²) in [6.45, 7) is 0.876. The summed E-state index contributed by atoms with van der Waals surface area (Å²) in [5, 5.41) is 8.01. The van der Waals surface area contributed by atoms with Crippen LogP contribution in [0.2, 0.25) is 0 Å². The van der Waals surface area contributed by atoms with Gasteiger partial charge in [0.25, 0.3) is 0 Å². The Kier molecular flexibility index (Phi) is 2.33. The third-order valence-corrected chi connectivity index (χ3v) is 3.30. The maximum atomic E-state index is 11.3. The lowest BCUT2D eigenvalue weighted by Crippen LogP contribution is -2.27. The number of anilines is 1. The minimum Gasteiger partial charge on any atom is -0.325 e. The van der Waals surface area contributed by atoms with Crippen LogP contribution in [0, 0.1) is 0 Å². The first-order valence-corrected chi connectivity index (χ1v) is 5.21. The lowest BCUT2D eigenvalue weighted by Gasteiger charge is -2.21. The number of thiophene rings is 1. The summed E-state index contributed by atoms with van der Waals surface area (Å²) in [7, 11) is 1.92. The molecule has 2 heterocycles. The minimum atomic E-state index is 0.131. The van der Waals surface area contributed by atoms with Gasteiger partial charge in [0.05, 0.1) is 5.69 Å². The smallest absolute Gasteiger partial charge is 0.225 e. The zero-order valence-corrected chi connectivity index (χ0v) is 8.28. The first kappa shape index (κ1) is 8.72. The molecule has 2 rings (SSSR count). The highest BCUT2D eigenvalue weighted by Gasteiger charge is 2.25. The standard InChI is InChI=1S/C9H12N2OS/c1-10-5-6-4-8(12)11-7-2-3-13-9(6)7/h2-3,6,10H,4-5H2,1H3,(H,11,12). The summed E-state index contributed by atoms with van der Waals surface area (Å²) in [5.41, 5.74) is 1.00. The van der Waals surface area contributed by atoms with Gasteiger partial charge < -0.3 is 10.6 Å². The van der Waals surface area contributed by atoms with Gasteiger partial charge in [-0.3, -0.25) is 4.79 Å². The van der Waals surface area contributed by atoms with Gasteiger partial charge in [-0.05, 0) is 18.5 Å². The molecule has 3 nitrogen and oxygen atoms in total. The zero-order valence-electron chi connectivity index (χ0n) is 7.46. The van der Waals surface area contributed by atoms with E-state index < -0.39 is 0 Å². The number of nitrogens with one attached hydrogen (secondary N) is 2. The van der Waals surface area contributed by atoms with Crippen LogP contribution in [-0.4, -0.2) is 19.5 Å². The molecule has 1 aromatic heterocycles. The van der Waals surface area contributed by atoms with E-state index in [0.29, 0.717) is 12.3 Å². The quantitative estimate of drug-likeness (QED) is 0.750. The second kappa shape index (κ2) is 3.47.